The highest BCUT2D eigenvalue weighted by atomic mass is 16.2. The Bertz CT molecular complexity index is 587. The third-order valence-electron chi connectivity index (χ3n) is 3.41. The molecule has 1 amide bonds. The standard InChI is InChI=1S/C15H20N4O/c1-10(16)14(20)17-13-9-12(18-19-13)15(2,3)11-7-5-4-6-8-11/h4-10H,16H2,1-3H3,(H2,17,18,19,20). The van der Waals surface area contributed by atoms with Gasteiger partial charge in [0, 0.05) is 17.2 Å². The lowest BCUT2D eigenvalue weighted by Crippen LogP contribution is -2.32. The summed E-state index contributed by atoms with van der Waals surface area (Å²) in [5.74, 6) is 0.242. The Morgan fingerprint density at radius 3 is 2.60 bits per heavy atom. The van der Waals surface area contributed by atoms with Crippen LogP contribution in [0.25, 0.3) is 0 Å². The minimum absolute atomic E-state index is 0.217. The van der Waals surface area contributed by atoms with E-state index in [4.69, 9.17) is 5.73 Å². The molecule has 106 valence electrons. The number of hydrogen-bond donors (Lipinski definition) is 3. The molecule has 5 nitrogen and oxygen atoms in total. The van der Waals surface area contributed by atoms with Gasteiger partial charge in [-0.05, 0) is 12.5 Å². The van der Waals surface area contributed by atoms with E-state index in [1.807, 2.05) is 24.3 Å². The summed E-state index contributed by atoms with van der Waals surface area (Å²) in [6, 6.07) is 11.4. The summed E-state index contributed by atoms with van der Waals surface area (Å²) in [6.07, 6.45) is 0. The predicted molar refractivity (Wildman–Crippen MR) is 79.4 cm³/mol. The van der Waals surface area contributed by atoms with Crippen LogP contribution in [0.2, 0.25) is 0 Å². The van der Waals surface area contributed by atoms with Gasteiger partial charge in [-0.1, -0.05) is 44.2 Å². The molecule has 0 saturated carbocycles. The van der Waals surface area contributed by atoms with E-state index < -0.39 is 6.04 Å². The van der Waals surface area contributed by atoms with Gasteiger partial charge in [-0.3, -0.25) is 9.89 Å². The molecule has 2 rings (SSSR count). The molecule has 0 aliphatic rings. The van der Waals surface area contributed by atoms with Crippen molar-refractivity contribution in [3.63, 3.8) is 0 Å². The molecule has 0 aliphatic heterocycles. The van der Waals surface area contributed by atoms with Gasteiger partial charge in [0.05, 0.1) is 6.04 Å². The normalized spacial score (nSPS) is 13.0. The van der Waals surface area contributed by atoms with E-state index >= 15 is 0 Å². The molecule has 0 radical (unpaired) electrons. The Morgan fingerprint density at radius 1 is 1.35 bits per heavy atom. The SMILES string of the molecule is CC(N)C(=O)Nc1cc(C(C)(C)c2ccccc2)[nH]n1. The number of benzene rings is 1. The molecule has 0 bridgehead atoms. The lowest BCUT2D eigenvalue weighted by molar-refractivity contribution is -0.117. The second kappa shape index (κ2) is 5.46. The second-order valence-corrected chi connectivity index (χ2v) is 5.44. The number of carbonyl (C=O) groups is 1. The first-order valence-electron chi connectivity index (χ1n) is 6.59. The van der Waals surface area contributed by atoms with Gasteiger partial charge in [0.1, 0.15) is 0 Å². The number of hydrogen-bond acceptors (Lipinski definition) is 3. The van der Waals surface area contributed by atoms with E-state index in [0.29, 0.717) is 5.82 Å². The number of aromatic amines is 1. The predicted octanol–water partition coefficient (Wildman–Crippen LogP) is 2.02. The zero-order valence-electron chi connectivity index (χ0n) is 12.0. The Balaban J connectivity index is 2.22. The maximum Gasteiger partial charge on any atom is 0.242 e. The van der Waals surface area contributed by atoms with Gasteiger partial charge >= 0.3 is 0 Å². The van der Waals surface area contributed by atoms with Gasteiger partial charge in [0.2, 0.25) is 5.91 Å². The molecule has 0 saturated heterocycles. The highest BCUT2D eigenvalue weighted by Crippen LogP contribution is 2.30. The van der Waals surface area contributed by atoms with Crippen molar-refractivity contribution in [1.29, 1.82) is 0 Å². The Kier molecular flexibility index (Phi) is 3.90. The smallest absolute Gasteiger partial charge is 0.242 e. The van der Waals surface area contributed by atoms with E-state index in [9.17, 15) is 4.79 Å². The van der Waals surface area contributed by atoms with E-state index in [2.05, 4.69) is 41.5 Å². The van der Waals surface area contributed by atoms with Crippen LogP contribution in [0.1, 0.15) is 32.0 Å². The van der Waals surface area contributed by atoms with Gasteiger partial charge in [-0.25, -0.2) is 0 Å². The minimum Gasteiger partial charge on any atom is -0.320 e. The molecule has 1 unspecified atom stereocenters. The molecule has 5 heteroatoms. The number of H-pyrrole nitrogens is 1. The number of nitrogens with two attached hydrogens (primary N) is 1. The topological polar surface area (TPSA) is 83.8 Å². The van der Waals surface area contributed by atoms with E-state index in [1.165, 1.54) is 5.56 Å². The number of nitrogens with zero attached hydrogens (tertiary/aromatic N) is 1. The number of carbonyl (C=O) groups excluding carboxylic acids is 1. The van der Waals surface area contributed by atoms with Crippen LogP contribution in [0.15, 0.2) is 36.4 Å². The largest absolute Gasteiger partial charge is 0.320 e. The average Bonchev–Trinajstić information content (AvgIpc) is 2.89. The second-order valence-electron chi connectivity index (χ2n) is 5.44. The van der Waals surface area contributed by atoms with E-state index in [1.54, 1.807) is 6.92 Å². The van der Waals surface area contributed by atoms with Crippen LogP contribution in [0.5, 0.6) is 0 Å². The van der Waals surface area contributed by atoms with Crippen molar-refractivity contribution < 1.29 is 4.79 Å². The summed E-state index contributed by atoms with van der Waals surface area (Å²) in [6.45, 7) is 5.84. The quantitative estimate of drug-likeness (QED) is 0.796. The molecule has 4 N–H and O–H groups in total. The molecule has 1 aromatic carbocycles. The van der Waals surface area contributed by atoms with Crippen molar-refractivity contribution in [2.75, 3.05) is 5.32 Å². The van der Waals surface area contributed by atoms with Crippen molar-refractivity contribution in [3.05, 3.63) is 47.7 Å². The number of amides is 1. The third kappa shape index (κ3) is 2.88. The summed E-state index contributed by atoms with van der Waals surface area (Å²) in [5, 5.41) is 9.78. The fourth-order valence-electron chi connectivity index (χ4n) is 1.96. The van der Waals surface area contributed by atoms with Crippen molar-refractivity contribution in [1.82, 2.24) is 10.2 Å². The van der Waals surface area contributed by atoms with Gasteiger partial charge in [-0.15, -0.1) is 0 Å². The summed E-state index contributed by atoms with van der Waals surface area (Å²) >= 11 is 0. The van der Waals surface area contributed by atoms with Crippen LogP contribution in [0, 0.1) is 0 Å². The summed E-state index contributed by atoms with van der Waals surface area (Å²) in [7, 11) is 0. The van der Waals surface area contributed by atoms with Crippen LogP contribution in [-0.4, -0.2) is 22.1 Å². The number of nitrogens with one attached hydrogen (secondary N) is 2. The van der Waals surface area contributed by atoms with Crippen LogP contribution in [0.3, 0.4) is 0 Å². The van der Waals surface area contributed by atoms with Crippen LogP contribution in [-0.2, 0) is 10.2 Å². The van der Waals surface area contributed by atoms with Crippen molar-refractivity contribution >= 4 is 11.7 Å². The van der Waals surface area contributed by atoms with Gasteiger partial charge < -0.3 is 11.1 Å². The van der Waals surface area contributed by atoms with E-state index in [-0.39, 0.29) is 11.3 Å². The third-order valence-corrected chi connectivity index (χ3v) is 3.41. The first-order chi connectivity index (χ1) is 9.41. The number of rotatable bonds is 4. The number of aromatic nitrogens is 2. The van der Waals surface area contributed by atoms with Crippen LogP contribution >= 0.6 is 0 Å². The first kappa shape index (κ1) is 14.3. The summed E-state index contributed by atoms with van der Waals surface area (Å²) in [4.78, 5) is 11.6. The van der Waals surface area contributed by atoms with Gasteiger partial charge in [0.25, 0.3) is 0 Å². The van der Waals surface area contributed by atoms with Crippen molar-refractivity contribution in [2.45, 2.75) is 32.2 Å². The summed E-state index contributed by atoms with van der Waals surface area (Å²) in [5.41, 5.74) is 7.41. The van der Waals surface area contributed by atoms with Crippen molar-refractivity contribution in [2.24, 2.45) is 5.73 Å². The van der Waals surface area contributed by atoms with Gasteiger partial charge in [0.15, 0.2) is 5.82 Å². The zero-order chi connectivity index (χ0) is 14.8. The lowest BCUT2D eigenvalue weighted by atomic mass is 9.82. The Labute approximate surface area is 118 Å². The maximum atomic E-state index is 11.6. The average molecular weight is 272 g/mol. The molecular weight excluding hydrogens is 252 g/mol. The molecule has 1 aromatic heterocycles. The molecular formula is C15H20N4O. The van der Waals surface area contributed by atoms with Gasteiger partial charge in [-0.2, -0.15) is 5.10 Å². The molecule has 0 fully saturated rings. The van der Waals surface area contributed by atoms with E-state index in [0.717, 1.165) is 5.69 Å². The maximum absolute atomic E-state index is 11.6. The highest BCUT2D eigenvalue weighted by Gasteiger charge is 2.25. The molecule has 0 aliphatic carbocycles. The minimum atomic E-state index is -0.558. The van der Waals surface area contributed by atoms with Crippen molar-refractivity contribution in [3.8, 4) is 0 Å². The van der Waals surface area contributed by atoms with Crippen LogP contribution < -0.4 is 11.1 Å². The highest BCUT2D eigenvalue weighted by molar-refractivity contribution is 5.93. The Hall–Kier alpha value is -2.14. The molecule has 20 heavy (non-hydrogen) atoms. The Morgan fingerprint density at radius 2 is 2.00 bits per heavy atom. The molecule has 1 atom stereocenters. The van der Waals surface area contributed by atoms with Crippen LogP contribution in [0.4, 0.5) is 5.82 Å². The first-order valence-corrected chi connectivity index (χ1v) is 6.59. The fraction of sp³-hybridized carbons (Fsp3) is 0.333. The molecule has 1 heterocycles. The molecule has 2 aromatic rings. The zero-order valence-corrected chi connectivity index (χ0v) is 12.0. The summed E-state index contributed by atoms with van der Waals surface area (Å²) < 4.78 is 0. The molecule has 0 spiro atoms. The number of anilines is 1. The monoisotopic (exact) mass is 272 g/mol. The lowest BCUT2D eigenvalue weighted by Gasteiger charge is -2.23. The fourth-order valence-corrected chi connectivity index (χ4v) is 1.96.